The zero-order valence-corrected chi connectivity index (χ0v) is 9.94. The number of pyridine rings is 1. The topological polar surface area (TPSA) is 50.9 Å². The molecule has 6 heteroatoms. The molecule has 0 saturated carbocycles. The van der Waals surface area contributed by atoms with Gasteiger partial charge in [0.2, 0.25) is 0 Å². The van der Waals surface area contributed by atoms with Gasteiger partial charge in [-0.05, 0) is 18.9 Å². The van der Waals surface area contributed by atoms with Crippen LogP contribution in [0, 0.1) is 24.4 Å². The maximum atomic E-state index is 13.7. The highest BCUT2D eigenvalue weighted by Crippen LogP contribution is 2.32. The lowest BCUT2D eigenvalue weighted by atomic mass is 10.0. The van der Waals surface area contributed by atoms with E-state index in [1.807, 2.05) is 6.92 Å². The van der Waals surface area contributed by atoms with Gasteiger partial charge in [-0.1, -0.05) is 6.92 Å². The Kier molecular flexibility index (Phi) is 3.13. The van der Waals surface area contributed by atoms with Crippen LogP contribution in [-0.4, -0.2) is 4.98 Å². The second-order valence-corrected chi connectivity index (χ2v) is 3.93. The largest absolute Gasteiger partial charge is 0.323 e. The summed E-state index contributed by atoms with van der Waals surface area (Å²) in [5.41, 5.74) is 3.38. The van der Waals surface area contributed by atoms with Gasteiger partial charge in [-0.3, -0.25) is 5.84 Å². The van der Waals surface area contributed by atoms with Gasteiger partial charge in [0, 0.05) is 11.8 Å². The Morgan fingerprint density at radius 2 is 1.94 bits per heavy atom. The molecule has 0 fully saturated rings. The Balaban J connectivity index is 3.01. The molecule has 0 amide bonds. The summed E-state index contributed by atoms with van der Waals surface area (Å²) in [4.78, 5) is 3.97. The molecule has 3 N–H and O–H groups in total. The molecule has 2 rings (SSSR count). The number of hydrogen-bond donors (Lipinski definition) is 2. The van der Waals surface area contributed by atoms with Gasteiger partial charge in [0.25, 0.3) is 0 Å². The summed E-state index contributed by atoms with van der Waals surface area (Å²) in [5.74, 6) is 2.01. The van der Waals surface area contributed by atoms with Crippen molar-refractivity contribution in [1.82, 2.24) is 4.98 Å². The quantitative estimate of drug-likeness (QED) is 0.493. The van der Waals surface area contributed by atoms with Gasteiger partial charge < -0.3 is 5.43 Å². The maximum Gasteiger partial charge on any atom is 0.185 e. The normalized spacial score (nSPS) is 11.0. The number of anilines is 1. The van der Waals surface area contributed by atoms with Crippen molar-refractivity contribution in [3.8, 4) is 0 Å². The highest BCUT2D eigenvalue weighted by molar-refractivity contribution is 5.94. The second-order valence-electron chi connectivity index (χ2n) is 3.93. The molecule has 3 nitrogen and oxygen atoms in total. The second kappa shape index (κ2) is 4.45. The first-order valence-electron chi connectivity index (χ1n) is 5.44. The van der Waals surface area contributed by atoms with Crippen LogP contribution in [-0.2, 0) is 6.42 Å². The Bertz CT molecular complexity index is 626. The smallest absolute Gasteiger partial charge is 0.185 e. The van der Waals surface area contributed by atoms with Crippen LogP contribution < -0.4 is 11.3 Å². The van der Waals surface area contributed by atoms with Crippen molar-refractivity contribution in [3.63, 3.8) is 0 Å². The molecule has 0 aliphatic rings. The number of nitrogens with one attached hydrogen (secondary N) is 1. The van der Waals surface area contributed by atoms with Gasteiger partial charge in [-0.15, -0.1) is 0 Å². The zero-order chi connectivity index (χ0) is 13.4. The van der Waals surface area contributed by atoms with Crippen molar-refractivity contribution in [2.75, 3.05) is 5.43 Å². The highest BCUT2D eigenvalue weighted by atomic mass is 19.2. The number of rotatable bonds is 2. The molecule has 1 aromatic carbocycles. The molecule has 0 aliphatic heterocycles. The van der Waals surface area contributed by atoms with E-state index in [0.717, 1.165) is 0 Å². The lowest BCUT2D eigenvalue weighted by Gasteiger charge is -2.14. The monoisotopic (exact) mass is 255 g/mol. The molecule has 0 aliphatic carbocycles. The maximum absolute atomic E-state index is 13.7. The first-order valence-corrected chi connectivity index (χ1v) is 5.44. The Morgan fingerprint density at radius 1 is 1.28 bits per heavy atom. The number of halogens is 3. The fraction of sp³-hybridized carbons (Fsp3) is 0.250. The molecule has 18 heavy (non-hydrogen) atoms. The molecule has 0 radical (unpaired) electrons. The van der Waals surface area contributed by atoms with Gasteiger partial charge >= 0.3 is 0 Å². The number of nitrogens with two attached hydrogens (primary N) is 1. The summed E-state index contributed by atoms with van der Waals surface area (Å²) in [6, 6.07) is 0.491. The molecule has 0 spiro atoms. The lowest BCUT2D eigenvalue weighted by Crippen LogP contribution is -2.12. The molecule has 96 valence electrons. The molecular formula is C12H12F3N3. The predicted molar refractivity (Wildman–Crippen MR) is 63.5 cm³/mol. The molecule has 0 atom stereocenters. The standard InChI is InChI=1S/C12H12F3N3/c1-3-8-5(2)11(18-16)9-6(13)4-7(14)10(15)12(9)17-8/h4H,3,16H2,1-2H3,(H,17,18). The summed E-state index contributed by atoms with van der Waals surface area (Å²) >= 11 is 0. The van der Waals surface area contributed by atoms with E-state index < -0.39 is 17.5 Å². The Morgan fingerprint density at radius 3 is 2.50 bits per heavy atom. The first-order chi connectivity index (χ1) is 8.51. The average molecular weight is 255 g/mol. The fourth-order valence-electron chi connectivity index (χ4n) is 2.00. The van der Waals surface area contributed by atoms with E-state index in [0.29, 0.717) is 23.7 Å². The molecule has 1 aromatic heterocycles. The molecule has 1 heterocycles. The summed E-state index contributed by atoms with van der Waals surface area (Å²) in [5, 5.41) is -0.133. The number of hydrazine groups is 1. The molecule has 0 bridgehead atoms. The number of aromatic nitrogens is 1. The third kappa shape index (κ3) is 1.69. The van der Waals surface area contributed by atoms with E-state index in [9.17, 15) is 13.2 Å². The third-order valence-corrected chi connectivity index (χ3v) is 2.93. The van der Waals surface area contributed by atoms with Crippen LogP contribution >= 0.6 is 0 Å². The number of nitrogens with zero attached hydrogens (tertiary/aromatic N) is 1. The average Bonchev–Trinajstić information content (AvgIpc) is 2.35. The van der Waals surface area contributed by atoms with E-state index in [2.05, 4.69) is 10.4 Å². The SMILES string of the molecule is CCc1nc2c(F)c(F)cc(F)c2c(NN)c1C. The summed E-state index contributed by atoms with van der Waals surface area (Å²) in [7, 11) is 0. The Labute approximate surface area is 102 Å². The fourth-order valence-corrected chi connectivity index (χ4v) is 2.00. The number of nitrogen functional groups attached to an aromatic ring is 1. The Hall–Kier alpha value is -1.82. The molecule has 2 aromatic rings. The third-order valence-electron chi connectivity index (χ3n) is 2.93. The minimum Gasteiger partial charge on any atom is -0.323 e. The van der Waals surface area contributed by atoms with Crippen molar-refractivity contribution in [3.05, 3.63) is 34.8 Å². The van der Waals surface area contributed by atoms with Gasteiger partial charge in [-0.25, -0.2) is 18.2 Å². The van der Waals surface area contributed by atoms with Crippen LogP contribution in [0.3, 0.4) is 0 Å². The highest BCUT2D eigenvalue weighted by Gasteiger charge is 2.19. The van der Waals surface area contributed by atoms with E-state index in [-0.39, 0.29) is 16.6 Å². The van der Waals surface area contributed by atoms with E-state index in [1.54, 1.807) is 6.92 Å². The molecule has 0 unspecified atom stereocenters. The van der Waals surface area contributed by atoms with Gasteiger partial charge in [0.05, 0.1) is 11.1 Å². The van der Waals surface area contributed by atoms with Crippen LogP contribution in [0.4, 0.5) is 18.9 Å². The van der Waals surface area contributed by atoms with Gasteiger partial charge in [0.15, 0.2) is 11.6 Å². The number of fused-ring (bicyclic) bond motifs is 1. The van der Waals surface area contributed by atoms with Crippen LogP contribution in [0.1, 0.15) is 18.2 Å². The van der Waals surface area contributed by atoms with Crippen LogP contribution in [0.5, 0.6) is 0 Å². The number of hydrogen-bond acceptors (Lipinski definition) is 3. The zero-order valence-electron chi connectivity index (χ0n) is 9.94. The van der Waals surface area contributed by atoms with E-state index in [1.165, 1.54) is 0 Å². The lowest BCUT2D eigenvalue weighted by molar-refractivity contribution is 0.504. The van der Waals surface area contributed by atoms with Crippen molar-refractivity contribution in [2.45, 2.75) is 20.3 Å². The molecular weight excluding hydrogens is 243 g/mol. The predicted octanol–water partition coefficient (Wildman–Crippen LogP) is 2.81. The van der Waals surface area contributed by atoms with Crippen molar-refractivity contribution in [2.24, 2.45) is 5.84 Å². The summed E-state index contributed by atoms with van der Waals surface area (Å²) < 4.78 is 40.6. The molecule has 0 saturated heterocycles. The van der Waals surface area contributed by atoms with E-state index >= 15 is 0 Å². The van der Waals surface area contributed by atoms with Gasteiger partial charge in [0.1, 0.15) is 11.3 Å². The summed E-state index contributed by atoms with van der Waals surface area (Å²) in [6.45, 7) is 3.51. The summed E-state index contributed by atoms with van der Waals surface area (Å²) in [6.07, 6.45) is 0.508. The number of benzene rings is 1. The number of aryl methyl sites for hydroxylation is 1. The van der Waals surface area contributed by atoms with Crippen LogP contribution in [0.2, 0.25) is 0 Å². The van der Waals surface area contributed by atoms with Crippen molar-refractivity contribution in [1.29, 1.82) is 0 Å². The van der Waals surface area contributed by atoms with Crippen LogP contribution in [0.15, 0.2) is 6.07 Å². The van der Waals surface area contributed by atoms with E-state index in [4.69, 9.17) is 5.84 Å². The van der Waals surface area contributed by atoms with Crippen molar-refractivity contribution < 1.29 is 13.2 Å². The minimum absolute atomic E-state index is 0.133. The van der Waals surface area contributed by atoms with Crippen LogP contribution in [0.25, 0.3) is 10.9 Å². The first kappa shape index (κ1) is 12.6. The van der Waals surface area contributed by atoms with Crippen molar-refractivity contribution >= 4 is 16.6 Å². The minimum atomic E-state index is -1.26. The van der Waals surface area contributed by atoms with Gasteiger partial charge in [-0.2, -0.15) is 0 Å².